The van der Waals surface area contributed by atoms with E-state index in [4.69, 9.17) is 30.5 Å². The highest BCUT2D eigenvalue weighted by Gasteiger charge is 2.56. The van der Waals surface area contributed by atoms with Crippen molar-refractivity contribution >= 4 is 40.6 Å². The van der Waals surface area contributed by atoms with Gasteiger partial charge in [0.25, 0.3) is 0 Å². The van der Waals surface area contributed by atoms with Crippen molar-refractivity contribution in [1.29, 1.82) is 0 Å². The Morgan fingerprint density at radius 2 is 1.29 bits per heavy atom. The molecule has 4 aromatic carbocycles. The van der Waals surface area contributed by atoms with Crippen LogP contribution in [0.1, 0.15) is 51.2 Å². The Labute approximate surface area is 303 Å². The number of para-hydroxylation sites is 4. The van der Waals surface area contributed by atoms with Gasteiger partial charge in [-0.05, 0) is 87.4 Å². The smallest absolute Gasteiger partial charge is 0.235 e. The van der Waals surface area contributed by atoms with Crippen LogP contribution >= 0.6 is 11.6 Å². The van der Waals surface area contributed by atoms with E-state index in [2.05, 4.69) is 10.6 Å². The van der Waals surface area contributed by atoms with E-state index in [0.717, 1.165) is 5.56 Å². The van der Waals surface area contributed by atoms with Crippen LogP contribution in [0.4, 0.5) is 11.4 Å². The van der Waals surface area contributed by atoms with Crippen LogP contribution < -0.4 is 29.6 Å². The predicted molar refractivity (Wildman–Crippen MR) is 196 cm³/mol. The van der Waals surface area contributed by atoms with Crippen molar-refractivity contribution in [1.82, 2.24) is 0 Å². The maximum absolute atomic E-state index is 14.4. The number of halogens is 1. The van der Waals surface area contributed by atoms with Gasteiger partial charge >= 0.3 is 0 Å². The minimum absolute atomic E-state index is 0.224. The number of aliphatic hydroxyl groups is 1. The first-order valence-corrected chi connectivity index (χ1v) is 17.4. The van der Waals surface area contributed by atoms with Crippen molar-refractivity contribution < 1.29 is 38.4 Å². The van der Waals surface area contributed by atoms with Gasteiger partial charge in [0.15, 0.2) is 11.5 Å². The Hall–Kier alpha value is -5.06. The van der Waals surface area contributed by atoms with Crippen LogP contribution in [0.2, 0.25) is 5.02 Å². The molecule has 3 N–H and O–H groups in total. The highest BCUT2D eigenvalue weighted by molar-refractivity contribution is 6.30. The van der Waals surface area contributed by atoms with E-state index in [-0.39, 0.29) is 6.61 Å². The summed E-state index contributed by atoms with van der Waals surface area (Å²) in [5.74, 6) is -3.85. The fourth-order valence-corrected chi connectivity index (χ4v) is 6.60. The molecule has 1 fully saturated rings. The number of benzene rings is 4. The summed E-state index contributed by atoms with van der Waals surface area (Å²) in [4.78, 5) is 42.7. The molecule has 2 amide bonds. The van der Waals surface area contributed by atoms with E-state index in [0.29, 0.717) is 64.8 Å². The normalized spacial score (nSPS) is 19.9. The quantitative estimate of drug-likeness (QED) is 0.115. The molecule has 10 nitrogen and oxygen atoms in total. The third-order valence-electron chi connectivity index (χ3n) is 8.68. The van der Waals surface area contributed by atoms with E-state index in [1.165, 1.54) is 6.92 Å². The monoisotopic (exact) mass is 714 g/mol. The van der Waals surface area contributed by atoms with Gasteiger partial charge in [-0.1, -0.05) is 54.1 Å². The molecule has 11 heteroatoms. The van der Waals surface area contributed by atoms with Crippen LogP contribution in [0.5, 0.6) is 23.0 Å². The van der Waals surface area contributed by atoms with Gasteiger partial charge in [-0.25, -0.2) is 0 Å². The lowest BCUT2D eigenvalue weighted by Crippen LogP contribution is -2.56. The van der Waals surface area contributed by atoms with E-state index >= 15 is 0 Å². The number of Topliss-reactive ketones (excluding diaryl/α,β-unsaturated/α-hetero) is 1. The van der Waals surface area contributed by atoms with Gasteiger partial charge in [0.2, 0.25) is 11.8 Å². The van der Waals surface area contributed by atoms with Crippen molar-refractivity contribution in [3.63, 3.8) is 0 Å². The SMILES string of the molecule is CCOc1ccccc1NC(=O)C1C(=O)CC(C)(O)C(C(=O)Nc2ccccc2OCC)C1c1ccc(OCc2ccc(Cl)cc2)c(OCC)c1. The van der Waals surface area contributed by atoms with Gasteiger partial charge in [0, 0.05) is 17.4 Å². The lowest BCUT2D eigenvalue weighted by atomic mass is 9.61. The molecule has 268 valence electrons. The van der Waals surface area contributed by atoms with Gasteiger partial charge in [-0.2, -0.15) is 0 Å². The van der Waals surface area contributed by atoms with Gasteiger partial charge < -0.3 is 34.7 Å². The maximum atomic E-state index is 14.4. The number of ether oxygens (including phenoxy) is 4. The molecule has 0 bridgehead atoms. The summed E-state index contributed by atoms with van der Waals surface area (Å²) in [6.45, 7) is 8.16. The zero-order valence-corrected chi connectivity index (χ0v) is 29.9. The molecular formula is C40H43ClN2O8. The molecule has 1 aliphatic rings. The zero-order valence-electron chi connectivity index (χ0n) is 29.1. The van der Waals surface area contributed by atoms with Gasteiger partial charge in [-0.3, -0.25) is 14.4 Å². The molecule has 4 aromatic rings. The van der Waals surface area contributed by atoms with Crippen molar-refractivity contribution in [3.8, 4) is 23.0 Å². The maximum Gasteiger partial charge on any atom is 0.235 e. The number of nitrogens with one attached hydrogen (secondary N) is 2. The molecule has 1 saturated carbocycles. The standard InChI is InChI=1S/C40H43ClN2O8/c1-5-48-31-14-10-8-12-28(31)42-38(45)36-30(44)23-40(4,47)37(39(46)43-29-13-9-11-15-32(29)49-6-2)35(36)26-18-21-33(34(22-26)50-7-3)51-24-25-16-19-27(41)20-17-25/h8-22,35-37,47H,5-7,23-24H2,1-4H3,(H,42,45)(H,43,46). The fraction of sp³-hybridized carbons (Fsp3) is 0.325. The Balaban J connectivity index is 1.58. The van der Waals surface area contributed by atoms with Crippen molar-refractivity contribution in [3.05, 3.63) is 107 Å². The lowest BCUT2D eigenvalue weighted by molar-refractivity contribution is -0.150. The molecule has 0 aromatic heterocycles. The minimum atomic E-state index is -1.83. The Bertz CT molecular complexity index is 1840. The number of carbonyl (C=O) groups is 3. The highest BCUT2D eigenvalue weighted by Crippen LogP contribution is 2.48. The van der Waals surface area contributed by atoms with Gasteiger partial charge in [0.05, 0.1) is 42.7 Å². The Morgan fingerprint density at radius 3 is 1.88 bits per heavy atom. The average Bonchev–Trinajstić information content (AvgIpc) is 3.09. The number of ketones is 1. The molecular weight excluding hydrogens is 672 g/mol. The predicted octanol–water partition coefficient (Wildman–Crippen LogP) is 7.43. The first-order chi connectivity index (χ1) is 24.6. The fourth-order valence-electron chi connectivity index (χ4n) is 6.48. The van der Waals surface area contributed by atoms with Crippen LogP contribution in [0.3, 0.4) is 0 Å². The minimum Gasteiger partial charge on any atom is -0.492 e. The van der Waals surface area contributed by atoms with Crippen LogP contribution in [-0.2, 0) is 21.0 Å². The number of hydrogen-bond acceptors (Lipinski definition) is 8. The molecule has 4 atom stereocenters. The second-order valence-corrected chi connectivity index (χ2v) is 12.8. The largest absolute Gasteiger partial charge is 0.492 e. The van der Waals surface area contributed by atoms with Crippen molar-refractivity contribution in [2.75, 3.05) is 30.5 Å². The zero-order chi connectivity index (χ0) is 36.5. The van der Waals surface area contributed by atoms with E-state index < -0.39 is 47.4 Å². The van der Waals surface area contributed by atoms with Crippen LogP contribution in [-0.4, -0.2) is 48.1 Å². The number of amides is 2. The van der Waals surface area contributed by atoms with Crippen LogP contribution in [0, 0.1) is 11.8 Å². The van der Waals surface area contributed by atoms with E-state index in [9.17, 15) is 19.5 Å². The second-order valence-electron chi connectivity index (χ2n) is 12.4. The summed E-state index contributed by atoms with van der Waals surface area (Å²) < 4.78 is 23.6. The highest BCUT2D eigenvalue weighted by atomic mass is 35.5. The Kier molecular flexibility index (Phi) is 12.2. The molecule has 0 heterocycles. The van der Waals surface area contributed by atoms with Crippen LogP contribution in [0.25, 0.3) is 0 Å². The molecule has 0 saturated heterocycles. The topological polar surface area (TPSA) is 132 Å². The summed E-state index contributed by atoms with van der Waals surface area (Å²) in [5.41, 5.74) is 0.251. The molecule has 0 aliphatic heterocycles. The number of carbonyl (C=O) groups excluding carboxylic acids is 3. The molecule has 0 radical (unpaired) electrons. The number of hydrogen-bond donors (Lipinski definition) is 3. The third-order valence-corrected chi connectivity index (χ3v) is 8.93. The average molecular weight is 715 g/mol. The Morgan fingerprint density at radius 1 is 0.745 bits per heavy atom. The van der Waals surface area contributed by atoms with Gasteiger partial charge in [-0.15, -0.1) is 0 Å². The third kappa shape index (κ3) is 8.82. The summed E-state index contributed by atoms with van der Waals surface area (Å²) in [7, 11) is 0. The number of anilines is 2. The summed E-state index contributed by atoms with van der Waals surface area (Å²) in [6.07, 6.45) is -0.430. The summed E-state index contributed by atoms with van der Waals surface area (Å²) in [5, 5.41) is 18.3. The van der Waals surface area contributed by atoms with Crippen LogP contribution in [0.15, 0.2) is 91.0 Å². The lowest BCUT2D eigenvalue weighted by Gasteiger charge is -2.44. The molecule has 0 spiro atoms. The first-order valence-electron chi connectivity index (χ1n) is 17.0. The van der Waals surface area contributed by atoms with Crippen molar-refractivity contribution in [2.24, 2.45) is 11.8 Å². The molecule has 5 rings (SSSR count). The van der Waals surface area contributed by atoms with Crippen molar-refractivity contribution in [2.45, 2.75) is 52.2 Å². The summed E-state index contributed by atoms with van der Waals surface area (Å²) in [6, 6.07) is 26.2. The molecule has 4 unspecified atom stereocenters. The first kappa shape index (κ1) is 37.2. The second kappa shape index (κ2) is 16.8. The molecule has 51 heavy (non-hydrogen) atoms. The van der Waals surface area contributed by atoms with Gasteiger partial charge in [0.1, 0.15) is 29.8 Å². The number of rotatable bonds is 14. The molecule has 1 aliphatic carbocycles. The van der Waals surface area contributed by atoms with E-state index in [1.807, 2.05) is 32.9 Å². The van der Waals surface area contributed by atoms with E-state index in [1.54, 1.807) is 78.9 Å². The summed E-state index contributed by atoms with van der Waals surface area (Å²) >= 11 is 6.05.